The summed E-state index contributed by atoms with van der Waals surface area (Å²) in [6, 6.07) is 12.0. The number of halogens is 1. The molecule has 1 amide bonds. The van der Waals surface area contributed by atoms with Crippen LogP contribution in [-0.2, 0) is 16.4 Å². The maximum atomic E-state index is 13.2. The van der Waals surface area contributed by atoms with Crippen LogP contribution in [-0.4, -0.2) is 34.3 Å². The lowest BCUT2D eigenvalue weighted by Crippen LogP contribution is -2.14. The van der Waals surface area contributed by atoms with E-state index in [2.05, 4.69) is 20.6 Å². The molecule has 170 valence electrons. The van der Waals surface area contributed by atoms with Crippen molar-refractivity contribution in [2.45, 2.75) is 25.2 Å². The predicted octanol–water partition coefficient (Wildman–Crippen LogP) is 2.97. The number of thiazole rings is 1. The van der Waals surface area contributed by atoms with Crippen molar-refractivity contribution in [3.63, 3.8) is 0 Å². The van der Waals surface area contributed by atoms with Crippen molar-refractivity contribution in [1.29, 1.82) is 0 Å². The summed E-state index contributed by atoms with van der Waals surface area (Å²) in [6.45, 7) is 3.53. The number of carbonyl (C=O) groups is 1. The number of primary sulfonamides is 1. The van der Waals surface area contributed by atoms with Crippen LogP contribution in [0.1, 0.15) is 32.3 Å². The Kier molecular flexibility index (Phi) is 6.06. The van der Waals surface area contributed by atoms with Crippen LogP contribution in [0.15, 0.2) is 53.4 Å². The topological polar surface area (TPSA) is 133 Å². The van der Waals surface area contributed by atoms with E-state index in [1.54, 1.807) is 31.2 Å². The highest BCUT2D eigenvalue weighted by atomic mass is 32.2. The van der Waals surface area contributed by atoms with E-state index in [-0.39, 0.29) is 16.4 Å². The average Bonchev–Trinajstić information content (AvgIpc) is 3.30. The van der Waals surface area contributed by atoms with E-state index >= 15 is 0 Å². The van der Waals surface area contributed by atoms with Crippen LogP contribution in [0.4, 0.5) is 9.52 Å². The molecule has 0 aliphatic rings. The van der Waals surface area contributed by atoms with E-state index in [4.69, 9.17) is 5.14 Å². The minimum absolute atomic E-state index is 0.0456. The highest BCUT2D eigenvalue weighted by Gasteiger charge is 2.19. The molecule has 0 saturated carbocycles. The van der Waals surface area contributed by atoms with Crippen molar-refractivity contribution in [3.8, 4) is 5.69 Å². The first-order chi connectivity index (χ1) is 15.6. The number of sulfonamides is 1. The highest BCUT2D eigenvalue weighted by molar-refractivity contribution is 7.89. The summed E-state index contributed by atoms with van der Waals surface area (Å²) in [5, 5.41) is 16.2. The van der Waals surface area contributed by atoms with Gasteiger partial charge in [0.1, 0.15) is 5.82 Å². The monoisotopic (exact) mass is 486 g/mol. The van der Waals surface area contributed by atoms with Crippen molar-refractivity contribution in [2.24, 2.45) is 5.14 Å². The van der Waals surface area contributed by atoms with Crippen LogP contribution in [0.5, 0.6) is 0 Å². The zero-order valence-electron chi connectivity index (χ0n) is 17.6. The quantitative estimate of drug-likeness (QED) is 0.431. The predicted molar refractivity (Wildman–Crippen MR) is 121 cm³/mol. The Balaban J connectivity index is 1.49. The zero-order chi connectivity index (χ0) is 23.8. The summed E-state index contributed by atoms with van der Waals surface area (Å²) in [6.07, 6.45) is 0.518. The Labute approximate surface area is 193 Å². The SMILES string of the molecule is Cc1nc(NC(=O)c2nnn(-c3ccc(F)cc3)c2C)sc1Cc1ccc(S(N)(=O)=O)cc1. The van der Waals surface area contributed by atoms with Gasteiger partial charge in [0.2, 0.25) is 10.0 Å². The molecule has 0 aliphatic carbocycles. The number of benzene rings is 2. The van der Waals surface area contributed by atoms with Crippen molar-refractivity contribution in [3.05, 3.63) is 81.9 Å². The van der Waals surface area contributed by atoms with Crippen molar-refractivity contribution in [1.82, 2.24) is 20.0 Å². The number of nitrogens with two attached hydrogens (primary N) is 1. The Morgan fingerprint density at radius 3 is 2.42 bits per heavy atom. The number of anilines is 1. The molecule has 0 bridgehead atoms. The molecule has 33 heavy (non-hydrogen) atoms. The lowest BCUT2D eigenvalue weighted by molar-refractivity contribution is 0.102. The summed E-state index contributed by atoms with van der Waals surface area (Å²) >= 11 is 1.32. The molecular formula is C21H19FN6O3S2. The fraction of sp³-hybridized carbons (Fsp3) is 0.143. The number of hydrogen-bond acceptors (Lipinski definition) is 7. The zero-order valence-corrected chi connectivity index (χ0v) is 19.2. The van der Waals surface area contributed by atoms with Gasteiger partial charge in [0, 0.05) is 11.3 Å². The standard InChI is InChI=1S/C21H19FN6O3S2/c1-12-18(11-14-3-9-17(10-4-14)33(23,30)31)32-21(24-12)25-20(29)19-13(2)28(27-26-19)16-7-5-15(22)6-8-16/h3-10H,11H2,1-2H3,(H2,23,30,31)(H,24,25,29). The second-order valence-electron chi connectivity index (χ2n) is 7.26. The number of carbonyl (C=O) groups excluding carboxylic acids is 1. The molecular weight excluding hydrogens is 467 g/mol. The van der Waals surface area contributed by atoms with Crippen LogP contribution in [0.25, 0.3) is 5.69 Å². The van der Waals surface area contributed by atoms with Crippen LogP contribution < -0.4 is 10.5 Å². The molecule has 4 rings (SSSR count). The Hall–Kier alpha value is -3.48. The molecule has 0 aliphatic heterocycles. The van der Waals surface area contributed by atoms with E-state index in [0.29, 0.717) is 22.9 Å². The molecule has 2 aromatic heterocycles. The Morgan fingerprint density at radius 1 is 1.12 bits per heavy atom. The number of rotatable bonds is 6. The molecule has 12 heteroatoms. The molecule has 0 unspecified atom stereocenters. The third kappa shape index (κ3) is 4.97. The maximum absolute atomic E-state index is 13.2. The van der Waals surface area contributed by atoms with Crippen LogP contribution >= 0.6 is 11.3 Å². The number of aromatic nitrogens is 4. The third-order valence-electron chi connectivity index (χ3n) is 4.91. The molecule has 3 N–H and O–H groups in total. The minimum atomic E-state index is -3.74. The minimum Gasteiger partial charge on any atom is -0.296 e. The summed E-state index contributed by atoms with van der Waals surface area (Å²) in [7, 11) is -3.74. The fourth-order valence-electron chi connectivity index (χ4n) is 3.15. The normalized spacial score (nSPS) is 11.5. The molecule has 0 saturated heterocycles. The molecule has 0 fully saturated rings. The number of nitrogens with zero attached hydrogens (tertiary/aromatic N) is 4. The molecule has 0 atom stereocenters. The third-order valence-corrected chi connectivity index (χ3v) is 6.91. The first kappa shape index (κ1) is 22.7. The summed E-state index contributed by atoms with van der Waals surface area (Å²) in [5.74, 6) is -0.830. The maximum Gasteiger partial charge on any atom is 0.279 e. The first-order valence-corrected chi connectivity index (χ1v) is 12.1. The van der Waals surface area contributed by atoms with Gasteiger partial charge in [-0.05, 0) is 55.8 Å². The lowest BCUT2D eigenvalue weighted by Gasteiger charge is -2.03. The first-order valence-electron chi connectivity index (χ1n) is 9.69. The van der Waals surface area contributed by atoms with Gasteiger partial charge in [-0.3, -0.25) is 10.1 Å². The number of nitrogens with one attached hydrogen (secondary N) is 1. The molecule has 2 heterocycles. The molecule has 2 aromatic carbocycles. The summed E-state index contributed by atoms with van der Waals surface area (Å²) < 4.78 is 37.4. The van der Waals surface area contributed by atoms with E-state index < -0.39 is 15.9 Å². The van der Waals surface area contributed by atoms with Gasteiger partial charge in [0.05, 0.1) is 22.0 Å². The Bertz CT molecular complexity index is 1430. The lowest BCUT2D eigenvalue weighted by atomic mass is 10.1. The second-order valence-corrected chi connectivity index (χ2v) is 9.90. The number of amides is 1. The fourth-order valence-corrected chi connectivity index (χ4v) is 4.66. The molecule has 0 spiro atoms. The molecule has 4 aromatic rings. The van der Waals surface area contributed by atoms with E-state index in [1.165, 1.54) is 40.3 Å². The largest absolute Gasteiger partial charge is 0.296 e. The summed E-state index contributed by atoms with van der Waals surface area (Å²) in [5.41, 5.74) is 2.85. The average molecular weight is 487 g/mol. The molecule has 9 nitrogen and oxygen atoms in total. The van der Waals surface area contributed by atoms with Crippen LogP contribution in [0.3, 0.4) is 0 Å². The van der Waals surface area contributed by atoms with Crippen molar-refractivity contribution in [2.75, 3.05) is 5.32 Å². The Morgan fingerprint density at radius 2 is 1.79 bits per heavy atom. The van der Waals surface area contributed by atoms with Gasteiger partial charge in [-0.2, -0.15) is 0 Å². The highest BCUT2D eigenvalue weighted by Crippen LogP contribution is 2.26. The smallest absolute Gasteiger partial charge is 0.279 e. The summed E-state index contributed by atoms with van der Waals surface area (Å²) in [4.78, 5) is 18.1. The van der Waals surface area contributed by atoms with E-state index in [1.807, 2.05) is 6.92 Å². The van der Waals surface area contributed by atoms with Gasteiger partial charge >= 0.3 is 0 Å². The van der Waals surface area contributed by atoms with Crippen molar-refractivity contribution < 1.29 is 17.6 Å². The van der Waals surface area contributed by atoms with E-state index in [9.17, 15) is 17.6 Å². The van der Waals surface area contributed by atoms with Gasteiger partial charge in [-0.25, -0.2) is 27.6 Å². The van der Waals surface area contributed by atoms with Gasteiger partial charge in [-0.15, -0.1) is 16.4 Å². The van der Waals surface area contributed by atoms with Gasteiger partial charge in [0.15, 0.2) is 10.8 Å². The van der Waals surface area contributed by atoms with Crippen molar-refractivity contribution >= 4 is 32.4 Å². The number of hydrogen-bond donors (Lipinski definition) is 2. The van der Waals surface area contributed by atoms with Gasteiger partial charge in [-0.1, -0.05) is 17.3 Å². The number of aryl methyl sites for hydroxylation is 1. The van der Waals surface area contributed by atoms with E-state index in [0.717, 1.165) is 16.1 Å². The van der Waals surface area contributed by atoms with Crippen LogP contribution in [0, 0.1) is 19.7 Å². The second kappa shape index (κ2) is 8.81. The van der Waals surface area contributed by atoms with Gasteiger partial charge in [0.25, 0.3) is 5.91 Å². The molecule has 0 radical (unpaired) electrons. The van der Waals surface area contributed by atoms with Crippen LogP contribution in [0.2, 0.25) is 0 Å². The van der Waals surface area contributed by atoms with Gasteiger partial charge < -0.3 is 0 Å².